The summed E-state index contributed by atoms with van der Waals surface area (Å²) in [5.41, 5.74) is 0.428. The molecule has 0 aliphatic heterocycles. The molecule has 0 aliphatic rings. The quantitative estimate of drug-likeness (QED) is 0.522. The van der Waals surface area contributed by atoms with Crippen LogP contribution < -0.4 is 11.1 Å². The van der Waals surface area contributed by atoms with Gasteiger partial charge in [-0.2, -0.15) is 14.7 Å². The van der Waals surface area contributed by atoms with E-state index in [0.29, 0.717) is 32.1 Å². The number of benzene rings is 1. The molecule has 0 aliphatic carbocycles. The molecule has 0 unspecified atom stereocenters. The Bertz CT molecular complexity index is 1290. The summed E-state index contributed by atoms with van der Waals surface area (Å²) >= 11 is 1.18. The predicted octanol–water partition coefficient (Wildman–Crippen LogP) is 0.982. The van der Waals surface area contributed by atoms with Crippen LogP contribution in [-0.2, 0) is 22.6 Å². The average Bonchev–Trinajstić information content (AvgIpc) is 3.06. The Morgan fingerprint density at radius 2 is 2.04 bits per heavy atom. The van der Waals surface area contributed by atoms with Crippen molar-refractivity contribution in [1.29, 1.82) is 0 Å². The molecule has 3 heterocycles. The molecule has 4 aromatic rings. The van der Waals surface area contributed by atoms with Crippen LogP contribution in [-0.4, -0.2) is 30.8 Å². The number of hydrogen-bond donors (Lipinski definition) is 1. The van der Waals surface area contributed by atoms with Crippen LogP contribution in [0, 0.1) is 6.92 Å². The van der Waals surface area contributed by atoms with Crippen molar-refractivity contribution in [3.63, 3.8) is 0 Å². The second-order valence-corrected chi connectivity index (χ2v) is 6.85. The second-order valence-electron chi connectivity index (χ2n) is 5.81. The molecular formula is C17H13N5O4S. The average molecular weight is 383 g/mol. The Hall–Kier alpha value is -3.40. The zero-order chi connectivity index (χ0) is 19.0. The first-order valence-corrected chi connectivity index (χ1v) is 8.81. The van der Waals surface area contributed by atoms with E-state index in [4.69, 9.17) is 4.74 Å². The van der Waals surface area contributed by atoms with Gasteiger partial charge in [-0.3, -0.25) is 14.4 Å². The highest BCUT2D eigenvalue weighted by Crippen LogP contribution is 2.15. The third-order valence-corrected chi connectivity index (χ3v) is 4.74. The predicted molar refractivity (Wildman–Crippen MR) is 97.7 cm³/mol. The fraction of sp³-hybridized carbons (Fsp3) is 0.176. The Kier molecular flexibility index (Phi) is 4.24. The van der Waals surface area contributed by atoms with E-state index in [9.17, 15) is 14.4 Å². The molecule has 1 aromatic carbocycles. The minimum atomic E-state index is -0.518. The summed E-state index contributed by atoms with van der Waals surface area (Å²) < 4.78 is 6.42. The number of aromatic amines is 1. The van der Waals surface area contributed by atoms with Gasteiger partial charge in [-0.05, 0) is 13.0 Å². The van der Waals surface area contributed by atoms with Crippen LogP contribution in [0.3, 0.4) is 0 Å². The molecule has 0 radical (unpaired) electrons. The number of aryl methyl sites for hydroxylation is 1. The van der Waals surface area contributed by atoms with Gasteiger partial charge in [-0.1, -0.05) is 29.5 Å². The van der Waals surface area contributed by atoms with Crippen LogP contribution in [0.5, 0.6) is 0 Å². The van der Waals surface area contributed by atoms with E-state index >= 15 is 0 Å². The maximum atomic E-state index is 12.2. The minimum absolute atomic E-state index is 0.0768. The van der Waals surface area contributed by atoms with Crippen molar-refractivity contribution in [2.75, 3.05) is 0 Å². The molecule has 0 saturated carbocycles. The van der Waals surface area contributed by atoms with Gasteiger partial charge in [0.1, 0.15) is 6.61 Å². The lowest BCUT2D eigenvalue weighted by molar-refractivity contribution is -0.144. The third kappa shape index (κ3) is 3.34. The fourth-order valence-electron chi connectivity index (χ4n) is 2.65. The van der Waals surface area contributed by atoms with Gasteiger partial charge in [0.25, 0.3) is 11.1 Å². The lowest BCUT2D eigenvalue weighted by Gasteiger charge is -2.05. The van der Waals surface area contributed by atoms with E-state index in [1.807, 2.05) is 0 Å². The van der Waals surface area contributed by atoms with E-state index in [-0.39, 0.29) is 24.1 Å². The van der Waals surface area contributed by atoms with Crippen molar-refractivity contribution in [3.8, 4) is 0 Å². The van der Waals surface area contributed by atoms with Gasteiger partial charge < -0.3 is 4.74 Å². The Morgan fingerprint density at radius 3 is 2.85 bits per heavy atom. The fourth-order valence-corrected chi connectivity index (χ4v) is 3.51. The third-order valence-electron chi connectivity index (χ3n) is 3.86. The summed E-state index contributed by atoms with van der Waals surface area (Å²) in [7, 11) is 0. The van der Waals surface area contributed by atoms with Crippen LogP contribution in [0.4, 0.5) is 0 Å². The van der Waals surface area contributed by atoms with Gasteiger partial charge in [-0.15, -0.1) is 0 Å². The van der Waals surface area contributed by atoms with Crippen molar-refractivity contribution < 1.29 is 9.53 Å². The topological polar surface area (TPSA) is 119 Å². The SMILES string of the molecule is Cc1cc(=O)n2nc(COC(=O)Cc3n[nH]c(=O)c4ccccc34)sc2n1. The summed E-state index contributed by atoms with van der Waals surface area (Å²) in [6.45, 7) is 1.65. The molecule has 4 rings (SSSR count). The maximum absolute atomic E-state index is 12.2. The summed E-state index contributed by atoms with van der Waals surface area (Å²) in [6.07, 6.45) is -0.0977. The number of fused-ring (bicyclic) bond motifs is 2. The van der Waals surface area contributed by atoms with E-state index in [1.54, 1.807) is 31.2 Å². The first kappa shape index (κ1) is 17.0. The monoisotopic (exact) mass is 383 g/mol. The summed E-state index contributed by atoms with van der Waals surface area (Å²) in [5.74, 6) is -0.518. The van der Waals surface area contributed by atoms with Gasteiger partial charge in [0, 0.05) is 17.1 Å². The molecule has 0 fully saturated rings. The van der Waals surface area contributed by atoms with Crippen molar-refractivity contribution in [1.82, 2.24) is 24.8 Å². The molecule has 0 amide bonds. The molecule has 0 saturated heterocycles. The van der Waals surface area contributed by atoms with Crippen molar-refractivity contribution >= 4 is 33.0 Å². The normalized spacial score (nSPS) is 11.1. The minimum Gasteiger partial charge on any atom is -0.458 e. The molecule has 27 heavy (non-hydrogen) atoms. The zero-order valence-electron chi connectivity index (χ0n) is 14.1. The van der Waals surface area contributed by atoms with E-state index in [1.165, 1.54) is 21.9 Å². The summed E-state index contributed by atoms with van der Waals surface area (Å²) in [5, 5.41) is 12.0. The van der Waals surface area contributed by atoms with E-state index in [0.717, 1.165) is 0 Å². The van der Waals surface area contributed by atoms with Crippen molar-refractivity contribution in [2.45, 2.75) is 20.0 Å². The summed E-state index contributed by atoms with van der Waals surface area (Å²) in [6, 6.07) is 8.29. The van der Waals surface area contributed by atoms with Gasteiger partial charge in [0.15, 0.2) is 5.01 Å². The van der Waals surface area contributed by atoms with E-state index < -0.39 is 5.97 Å². The molecule has 0 spiro atoms. The number of carbonyl (C=O) groups is 1. The van der Waals surface area contributed by atoms with Crippen LogP contribution in [0.2, 0.25) is 0 Å². The number of esters is 1. The number of rotatable bonds is 4. The van der Waals surface area contributed by atoms with Crippen molar-refractivity contribution in [3.05, 3.63) is 67.4 Å². The molecular weight excluding hydrogens is 370 g/mol. The van der Waals surface area contributed by atoms with Gasteiger partial charge in [0.05, 0.1) is 17.5 Å². The number of hydrogen-bond acceptors (Lipinski definition) is 8. The molecule has 3 aromatic heterocycles. The van der Waals surface area contributed by atoms with Crippen LogP contribution in [0.25, 0.3) is 15.7 Å². The number of aromatic nitrogens is 5. The standard InChI is InChI=1S/C17H13N5O4S/c1-9-6-14(23)22-17(18-9)27-13(21-22)8-26-15(24)7-12-10-4-2-3-5-11(10)16(25)20-19-12/h2-6H,7-8H2,1H3,(H,20,25). The van der Waals surface area contributed by atoms with Gasteiger partial charge in [-0.25, -0.2) is 10.1 Å². The highest BCUT2D eigenvalue weighted by atomic mass is 32.1. The van der Waals surface area contributed by atoms with E-state index in [2.05, 4.69) is 20.3 Å². The number of nitrogens with one attached hydrogen (secondary N) is 1. The van der Waals surface area contributed by atoms with Gasteiger partial charge >= 0.3 is 5.97 Å². The molecule has 1 N–H and O–H groups in total. The number of nitrogens with zero attached hydrogens (tertiary/aromatic N) is 4. The molecule has 0 bridgehead atoms. The maximum Gasteiger partial charge on any atom is 0.312 e. The smallest absolute Gasteiger partial charge is 0.312 e. The van der Waals surface area contributed by atoms with Crippen LogP contribution >= 0.6 is 11.3 Å². The largest absolute Gasteiger partial charge is 0.458 e. The van der Waals surface area contributed by atoms with Crippen LogP contribution in [0.15, 0.2) is 39.9 Å². The summed E-state index contributed by atoms with van der Waals surface area (Å²) in [4.78, 5) is 40.5. The second kappa shape index (κ2) is 6.72. The molecule has 10 heteroatoms. The first-order valence-electron chi connectivity index (χ1n) is 7.99. The lowest BCUT2D eigenvalue weighted by atomic mass is 10.1. The Morgan fingerprint density at radius 1 is 1.26 bits per heavy atom. The van der Waals surface area contributed by atoms with Crippen LogP contribution in [0.1, 0.15) is 16.4 Å². The molecule has 0 atom stereocenters. The highest BCUT2D eigenvalue weighted by Gasteiger charge is 2.14. The Labute approximate surface area is 155 Å². The number of carbonyl (C=O) groups excluding carboxylic acids is 1. The number of H-pyrrole nitrogens is 1. The molecule has 9 nitrogen and oxygen atoms in total. The number of ether oxygens (including phenoxy) is 1. The first-order chi connectivity index (χ1) is 13.0. The highest BCUT2D eigenvalue weighted by molar-refractivity contribution is 7.16. The van der Waals surface area contributed by atoms with Crippen molar-refractivity contribution in [2.24, 2.45) is 0 Å². The lowest BCUT2D eigenvalue weighted by Crippen LogP contribution is -2.16. The van der Waals surface area contributed by atoms with Gasteiger partial charge in [0.2, 0.25) is 4.96 Å². The molecule has 136 valence electrons. The zero-order valence-corrected chi connectivity index (χ0v) is 14.9. The Balaban J connectivity index is 1.51.